The second-order valence-corrected chi connectivity index (χ2v) is 6.02. The first kappa shape index (κ1) is 14.1. The zero-order valence-corrected chi connectivity index (χ0v) is 13.1. The van der Waals surface area contributed by atoms with Crippen molar-refractivity contribution in [3.63, 3.8) is 0 Å². The normalized spacial score (nSPS) is 19.4. The molecule has 1 atom stereocenters. The van der Waals surface area contributed by atoms with Gasteiger partial charge in [-0.3, -0.25) is 0 Å². The second-order valence-electron chi connectivity index (χ2n) is 5.17. The molecule has 1 fully saturated rings. The summed E-state index contributed by atoms with van der Waals surface area (Å²) in [5, 5.41) is 2.56. The summed E-state index contributed by atoms with van der Waals surface area (Å²) in [6.07, 6.45) is 4.34. The van der Waals surface area contributed by atoms with Crippen molar-refractivity contribution in [2.24, 2.45) is 0 Å². The maximum absolute atomic E-state index is 5.83. The van der Waals surface area contributed by atoms with Gasteiger partial charge in [0.1, 0.15) is 0 Å². The molecule has 1 saturated heterocycles. The fourth-order valence-electron chi connectivity index (χ4n) is 2.69. The van der Waals surface area contributed by atoms with Crippen LogP contribution in [-0.4, -0.2) is 19.5 Å². The van der Waals surface area contributed by atoms with Crippen molar-refractivity contribution in [2.45, 2.75) is 32.0 Å². The molecule has 0 radical (unpaired) electrons. The number of halogens is 1. The minimum Gasteiger partial charge on any atom is -0.353 e. The molecule has 1 unspecified atom stereocenters. The third-order valence-electron chi connectivity index (χ3n) is 3.77. The van der Waals surface area contributed by atoms with Crippen molar-refractivity contribution >= 4 is 26.7 Å². The Hall–Kier alpha value is -0.900. The largest absolute Gasteiger partial charge is 0.353 e. The molecule has 106 valence electrons. The molecule has 2 nitrogen and oxygen atoms in total. The molecular formula is C17H19BrO2. The monoisotopic (exact) mass is 334 g/mol. The number of hydrogen-bond donors (Lipinski definition) is 0. The van der Waals surface area contributed by atoms with Gasteiger partial charge in [-0.1, -0.05) is 46.3 Å². The van der Waals surface area contributed by atoms with Crippen LogP contribution in [0, 0.1) is 0 Å². The quantitative estimate of drug-likeness (QED) is 0.807. The maximum atomic E-state index is 5.83. The van der Waals surface area contributed by atoms with Crippen molar-refractivity contribution in [2.75, 3.05) is 13.2 Å². The van der Waals surface area contributed by atoms with Crippen LogP contribution in [0.1, 0.15) is 24.8 Å². The van der Waals surface area contributed by atoms with Crippen molar-refractivity contribution < 1.29 is 9.47 Å². The molecule has 3 rings (SSSR count). The second kappa shape index (κ2) is 6.70. The average Bonchev–Trinajstić information content (AvgIpc) is 2.51. The van der Waals surface area contributed by atoms with E-state index in [2.05, 4.69) is 52.3 Å². The molecule has 3 heteroatoms. The summed E-state index contributed by atoms with van der Waals surface area (Å²) in [5.74, 6) is 0. The molecule has 0 amide bonds. The predicted octanol–water partition coefficient (Wildman–Crippen LogP) is 4.69. The van der Waals surface area contributed by atoms with Crippen LogP contribution in [-0.2, 0) is 15.9 Å². The van der Waals surface area contributed by atoms with Crippen LogP contribution in [0.15, 0.2) is 40.9 Å². The van der Waals surface area contributed by atoms with Crippen molar-refractivity contribution in [1.29, 1.82) is 0 Å². The van der Waals surface area contributed by atoms with E-state index < -0.39 is 0 Å². The lowest BCUT2D eigenvalue weighted by Gasteiger charge is -2.22. The van der Waals surface area contributed by atoms with E-state index in [1.54, 1.807) is 0 Å². The molecule has 0 N–H and O–H groups in total. The van der Waals surface area contributed by atoms with E-state index in [-0.39, 0.29) is 6.29 Å². The van der Waals surface area contributed by atoms with Crippen LogP contribution in [0.25, 0.3) is 10.8 Å². The van der Waals surface area contributed by atoms with E-state index in [1.807, 2.05) is 0 Å². The summed E-state index contributed by atoms with van der Waals surface area (Å²) < 4.78 is 12.6. The summed E-state index contributed by atoms with van der Waals surface area (Å²) in [6, 6.07) is 12.8. The minimum absolute atomic E-state index is 0.00506. The highest BCUT2D eigenvalue weighted by Gasteiger charge is 2.14. The molecule has 2 aromatic rings. The summed E-state index contributed by atoms with van der Waals surface area (Å²) in [4.78, 5) is 0. The minimum atomic E-state index is 0.00506. The average molecular weight is 335 g/mol. The molecule has 0 aliphatic carbocycles. The summed E-state index contributed by atoms with van der Waals surface area (Å²) in [6.45, 7) is 1.56. The number of rotatable bonds is 4. The Morgan fingerprint density at radius 3 is 2.75 bits per heavy atom. The van der Waals surface area contributed by atoms with Crippen LogP contribution in [0.5, 0.6) is 0 Å². The third kappa shape index (κ3) is 3.22. The Morgan fingerprint density at radius 2 is 1.95 bits per heavy atom. The van der Waals surface area contributed by atoms with Crippen LogP contribution in [0.4, 0.5) is 0 Å². The molecular weight excluding hydrogens is 316 g/mol. The fourth-order valence-corrected chi connectivity index (χ4v) is 3.16. The number of fused-ring (bicyclic) bond motifs is 1. The van der Waals surface area contributed by atoms with Gasteiger partial charge in [-0.2, -0.15) is 0 Å². The zero-order valence-electron chi connectivity index (χ0n) is 11.5. The zero-order chi connectivity index (χ0) is 13.8. The predicted molar refractivity (Wildman–Crippen MR) is 84.9 cm³/mol. The molecule has 1 aliphatic heterocycles. The Bertz CT molecular complexity index is 576. The van der Waals surface area contributed by atoms with E-state index in [0.29, 0.717) is 0 Å². The van der Waals surface area contributed by atoms with Gasteiger partial charge >= 0.3 is 0 Å². The lowest BCUT2D eigenvalue weighted by Crippen LogP contribution is -2.23. The van der Waals surface area contributed by atoms with Crippen molar-refractivity contribution in [3.8, 4) is 0 Å². The molecule has 0 spiro atoms. The first-order valence-corrected chi connectivity index (χ1v) is 8.03. The molecule has 1 heterocycles. The summed E-state index contributed by atoms with van der Waals surface area (Å²) in [5.41, 5.74) is 1.33. The summed E-state index contributed by atoms with van der Waals surface area (Å²) >= 11 is 3.61. The van der Waals surface area contributed by atoms with Gasteiger partial charge in [-0.15, -0.1) is 0 Å². The third-order valence-corrected chi connectivity index (χ3v) is 4.47. The van der Waals surface area contributed by atoms with Crippen molar-refractivity contribution in [1.82, 2.24) is 0 Å². The van der Waals surface area contributed by atoms with Gasteiger partial charge in [0.05, 0.1) is 6.61 Å². The van der Waals surface area contributed by atoms with Gasteiger partial charge < -0.3 is 9.47 Å². The fraction of sp³-hybridized carbons (Fsp3) is 0.412. The van der Waals surface area contributed by atoms with Gasteiger partial charge in [0.2, 0.25) is 0 Å². The highest BCUT2D eigenvalue weighted by Crippen LogP contribution is 2.27. The van der Waals surface area contributed by atoms with E-state index >= 15 is 0 Å². The number of hydrogen-bond acceptors (Lipinski definition) is 2. The Morgan fingerprint density at radius 1 is 1.10 bits per heavy atom. The van der Waals surface area contributed by atoms with Crippen LogP contribution >= 0.6 is 15.9 Å². The Kier molecular flexibility index (Phi) is 4.71. The van der Waals surface area contributed by atoms with E-state index in [9.17, 15) is 0 Å². The molecule has 0 aromatic heterocycles. The SMILES string of the molecule is Brc1ccc(CCOC2CCCCO2)c2ccccc12. The Balaban J connectivity index is 1.67. The first-order chi connectivity index (χ1) is 9.84. The van der Waals surface area contributed by atoms with E-state index in [1.165, 1.54) is 22.8 Å². The first-order valence-electron chi connectivity index (χ1n) is 7.24. The standard InChI is InChI=1S/C17H19BrO2/c18-16-9-8-13(14-5-1-2-6-15(14)16)10-12-20-17-7-3-4-11-19-17/h1-2,5-6,8-9,17H,3-4,7,10-12H2. The van der Waals surface area contributed by atoms with Gasteiger partial charge in [-0.05, 0) is 48.1 Å². The smallest absolute Gasteiger partial charge is 0.157 e. The lowest BCUT2D eigenvalue weighted by atomic mass is 10.0. The van der Waals surface area contributed by atoms with Gasteiger partial charge in [0, 0.05) is 11.1 Å². The molecule has 0 bridgehead atoms. The van der Waals surface area contributed by atoms with Crippen molar-refractivity contribution in [3.05, 3.63) is 46.4 Å². The van der Waals surface area contributed by atoms with E-state index in [0.717, 1.165) is 36.9 Å². The topological polar surface area (TPSA) is 18.5 Å². The van der Waals surface area contributed by atoms with Crippen LogP contribution in [0.3, 0.4) is 0 Å². The van der Waals surface area contributed by atoms with Gasteiger partial charge in [-0.25, -0.2) is 0 Å². The summed E-state index contributed by atoms with van der Waals surface area (Å²) in [7, 11) is 0. The van der Waals surface area contributed by atoms with Crippen LogP contribution in [0.2, 0.25) is 0 Å². The van der Waals surface area contributed by atoms with E-state index in [4.69, 9.17) is 9.47 Å². The lowest BCUT2D eigenvalue weighted by molar-refractivity contribution is -0.161. The highest BCUT2D eigenvalue weighted by atomic mass is 79.9. The maximum Gasteiger partial charge on any atom is 0.157 e. The molecule has 1 aliphatic rings. The number of benzene rings is 2. The van der Waals surface area contributed by atoms with Crippen LogP contribution < -0.4 is 0 Å². The molecule has 2 aromatic carbocycles. The number of ether oxygens (including phenoxy) is 2. The molecule has 20 heavy (non-hydrogen) atoms. The molecule has 0 saturated carbocycles. The highest BCUT2D eigenvalue weighted by molar-refractivity contribution is 9.10. The Labute approximate surface area is 128 Å². The van der Waals surface area contributed by atoms with Gasteiger partial charge in [0.25, 0.3) is 0 Å². The van der Waals surface area contributed by atoms with Gasteiger partial charge in [0.15, 0.2) is 6.29 Å².